The summed E-state index contributed by atoms with van der Waals surface area (Å²) in [5.74, 6) is 0.848. The third-order valence-electron chi connectivity index (χ3n) is 4.80. The van der Waals surface area contributed by atoms with Crippen LogP contribution in [0, 0.1) is 5.92 Å². The lowest BCUT2D eigenvalue weighted by atomic mass is 9.98. The van der Waals surface area contributed by atoms with E-state index in [1.165, 1.54) is 6.20 Å². The Bertz CT molecular complexity index is 755. The van der Waals surface area contributed by atoms with E-state index in [-0.39, 0.29) is 23.4 Å². The highest BCUT2D eigenvalue weighted by molar-refractivity contribution is 5.79. The van der Waals surface area contributed by atoms with Crippen molar-refractivity contribution in [3.8, 4) is 0 Å². The fourth-order valence-electron chi connectivity index (χ4n) is 3.25. The fourth-order valence-corrected chi connectivity index (χ4v) is 3.25. The zero-order valence-corrected chi connectivity index (χ0v) is 14.1. The van der Waals surface area contributed by atoms with Crippen LogP contribution in [-0.4, -0.2) is 50.1 Å². The lowest BCUT2D eigenvalue weighted by Gasteiger charge is -2.34. The summed E-state index contributed by atoms with van der Waals surface area (Å²) in [7, 11) is 0. The van der Waals surface area contributed by atoms with Gasteiger partial charge in [-0.3, -0.25) is 19.7 Å². The molecule has 24 heavy (non-hydrogen) atoms. The second-order valence-corrected chi connectivity index (χ2v) is 6.30. The predicted molar refractivity (Wildman–Crippen MR) is 91.8 cm³/mol. The Kier molecular flexibility index (Phi) is 4.82. The van der Waals surface area contributed by atoms with Crippen molar-refractivity contribution in [2.45, 2.75) is 45.6 Å². The number of hydrogen-bond acceptors (Lipinski definition) is 5. The molecule has 130 valence electrons. The second kappa shape index (κ2) is 7.02. The third-order valence-corrected chi connectivity index (χ3v) is 4.80. The summed E-state index contributed by atoms with van der Waals surface area (Å²) >= 11 is 0. The quantitative estimate of drug-likeness (QED) is 0.769. The molecule has 0 radical (unpaired) electrons. The molecule has 1 aliphatic rings. The molecule has 3 rings (SSSR count). The average Bonchev–Trinajstić information content (AvgIpc) is 3.05. The van der Waals surface area contributed by atoms with Crippen LogP contribution in [0.4, 0.5) is 5.95 Å². The molecule has 8 nitrogen and oxygen atoms in total. The standard InChI is InChI=1S/C16H24N6O2/c1-3-10(4-2)15(24)22-7-5-11(6-8-22)18-16-19-13-12(9-17-21-13)14(23)20-16/h9-11H,3-8H2,1-2H3,(H3,17,18,19,20,21,23). The third kappa shape index (κ3) is 3.27. The molecule has 1 aliphatic heterocycles. The summed E-state index contributed by atoms with van der Waals surface area (Å²) in [6.07, 6.45) is 4.94. The van der Waals surface area contributed by atoms with Crippen molar-refractivity contribution in [3.05, 3.63) is 16.6 Å². The Labute approximate surface area is 140 Å². The number of fused-ring (bicyclic) bond motifs is 1. The van der Waals surface area contributed by atoms with Crippen LogP contribution in [0.5, 0.6) is 0 Å². The van der Waals surface area contributed by atoms with Crippen LogP contribution in [0.15, 0.2) is 11.0 Å². The Morgan fingerprint density at radius 1 is 1.38 bits per heavy atom. The Morgan fingerprint density at radius 3 is 2.75 bits per heavy atom. The van der Waals surface area contributed by atoms with Gasteiger partial charge in [-0.25, -0.2) is 0 Å². The SMILES string of the molecule is CCC(CC)C(=O)N1CCC(Nc2nc3[nH]ncc3c(=O)[nH]2)CC1. The summed E-state index contributed by atoms with van der Waals surface area (Å²) in [4.78, 5) is 33.4. The molecule has 2 aromatic heterocycles. The minimum Gasteiger partial charge on any atom is -0.353 e. The predicted octanol–water partition coefficient (Wildman–Crippen LogP) is 1.49. The molecule has 0 aromatic carbocycles. The molecule has 1 amide bonds. The van der Waals surface area contributed by atoms with Crippen molar-refractivity contribution < 1.29 is 4.79 Å². The topological polar surface area (TPSA) is 107 Å². The van der Waals surface area contributed by atoms with Gasteiger partial charge in [0.1, 0.15) is 5.39 Å². The lowest BCUT2D eigenvalue weighted by Crippen LogP contribution is -2.44. The van der Waals surface area contributed by atoms with Crippen LogP contribution in [0.1, 0.15) is 39.5 Å². The molecule has 8 heteroatoms. The number of aromatic amines is 2. The van der Waals surface area contributed by atoms with Gasteiger partial charge in [0.15, 0.2) is 5.65 Å². The van der Waals surface area contributed by atoms with E-state index in [2.05, 4.69) is 39.3 Å². The maximum absolute atomic E-state index is 12.4. The van der Waals surface area contributed by atoms with E-state index in [9.17, 15) is 9.59 Å². The number of rotatable bonds is 5. The zero-order valence-electron chi connectivity index (χ0n) is 14.1. The van der Waals surface area contributed by atoms with Gasteiger partial charge in [0.25, 0.3) is 5.56 Å². The number of carbonyl (C=O) groups is 1. The van der Waals surface area contributed by atoms with Crippen LogP contribution >= 0.6 is 0 Å². The van der Waals surface area contributed by atoms with E-state index in [1.807, 2.05) is 4.90 Å². The molecule has 1 saturated heterocycles. The van der Waals surface area contributed by atoms with Crippen LogP contribution in [0.2, 0.25) is 0 Å². The molecule has 1 fully saturated rings. The number of anilines is 1. The minimum atomic E-state index is -0.211. The molecular weight excluding hydrogens is 308 g/mol. The molecule has 0 aliphatic carbocycles. The van der Waals surface area contributed by atoms with Crippen molar-refractivity contribution in [3.63, 3.8) is 0 Å². The Hall–Kier alpha value is -2.38. The van der Waals surface area contributed by atoms with E-state index in [0.717, 1.165) is 38.8 Å². The maximum Gasteiger partial charge on any atom is 0.263 e. The summed E-state index contributed by atoms with van der Waals surface area (Å²) in [6.45, 7) is 5.61. The molecule has 0 spiro atoms. The molecule has 0 atom stereocenters. The van der Waals surface area contributed by atoms with Gasteiger partial charge in [-0.05, 0) is 25.7 Å². The maximum atomic E-state index is 12.4. The van der Waals surface area contributed by atoms with Crippen LogP contribution in [0.25, 0.3) is 11.0 Å². The lowest BCUT2D eigenvalue weighted by molar-refractivity contribution is -0.136. The number of likely N-dealkylation sites (tertiary alicyclic amines) is 1. The van der Waals surface area contributed by atoms with Crippen molar-refractivity contribution >= 4 is 22.9 Å². The first-order chi connectivity index (χ1) is 11.6. The molecule has 0 bridgehead atoms. The number of carbonyl (C=O) groups excluding carboxylic acids is 1. The first-order valence-electron chi connectivity index (χ1n) is 8.61. The monoisotopic (exact) mass is 332 g/mol. The molecule has 0 unspecified atom stereocenters. The number of nitrogens with zero attached hydrogens (tertiary/aromatic N) is 3. The highest BCUT2D eigenvalue weighted by Gasteiger charge is 2.26. The molecule has 0 saturated carbocycles. The van der Waals surface area contributed by atoms with Crippen molar-refractivity contribution in [2.24, 2.45) is 5.92 Å². The van der Waals surface area contributed by atoms with Crippen molar-refractivity contribution in [1.29, 1.82) is 0 Å². The molecule has 2 aromatic rings. The van der Waals surface area contributed by atoms with Gasteiger partial charge in [-0.1, -0.05) is 13.8 Å². The van der Waals surface area contributed by atoms with Gasteiger partial charge < -0.3 is 10.2 Å². The van der Waals surface area contributed by atoms with Crippen LogP contribution in [0.3, 0.4) is 0 Å². The number of H-pyrrole nitrogens is 2. The normalized spacial score (nSPS) is 16.0. The van der Waals surface area contributed by atoms with Gasteiger partial charge in [0, 0.05) is 25.0 Å². The van der Waals surface area contributed by atoms with E-state index in [0.29, 0.717) is 17.0 Å². The van der Waals surface area contributed by atoms with E-state index in [4.69, 9.17) is 0 Å². The van der Waals surface area contributed by atoms with Gasteiger partial charge in [-0.2, -0.15) is 10.1 Å². The summed E-state index contributed by atoms with van der Waals surface area (Å²) in [6, 6.07) is 0.194. The number of aromatic nitrogens is 4. The average molecular weight is 332 g/mol. The second-order valence-electron chi connectivity index (χ2n) is 6.30. The van der Waals surface area contributed by atoms with Crippen LogP contribution < -0.4 is 10.9 Å². The number of hydrogen-bond donors (Lipinski definition) is 3. The number of amides is 1. The Morgan fingerprint density at radius 2 is 2.08 bits per heavy atom. The smallest absolute Gasteiger partial charge is 0.263 e. The Balaban J connectivity index is 1.60. The van der Waals surface area contributed by atoms with Crippen molar-refractivity contribution in [2.75, 3.05) is 18.4 Å². The first-order valence-corrected chi connectivity index (χ1v) is 8.61. The summed E-state index contributed by atoms with van der Waals surface area (Å²) in [5, 5.41) is 10.3. The van der Waals surface area contributed by atoms with Gasteiger partial charge >= 0.3 is 0 Å². The van der Waals surface area contributed by atoms with Gasteiger partial charge in [0.2, 0.25) is 11.9 Å². The highest BCUT2D eigenvalue weighted by atomic mass is 16.2. The van der Waals surface area contributed by atoms with E-state index < -0.39 is 0 Å². The highest BCUT2D eigenvalue weighted by Crippen LogP contribution is 2.19. The summed E-state index contributed by atoms with van der Waals surface area (Å²) < 4.78 is 0. The molecular formula is C16H24N6O2. The van der Waals surface area contributed by atoms with Gasteiger partial charge in [-0.15, -0.1) is 0 Å². The fraction of sp³-hybridized carbons (Fsp3) is 0.625. The van der Waals surface area contributed by atoms with E-state index >= 15 is 0 Å². The number of piperidine rings is 1. The largest absolute Gasteiger partial charge is 0.353 e. The zero-order chi connectivity index (χ0) is 17.1. The van der Waals surface area contributed by atoms with Crippen molar-refractivity contribution in [1.82, 2.24) is 25.1 Å². The number of nitrogens with one attached hydrogen (secondary N) is 3. The molecule has 3 N–H and O–H groups in total. The van der Waals surface area contributed by atoms with Gasteiger partial charge in [0.05, 0.1) is 6.20 Å². The van der Waals surface area contributed by atoms with Crippen LogP contribution in [-0.2, 0) is 4.79 Å². The molecule has 3 heterocycles. The van der Waals surface area contributed by atoms with E-state index in [1.54, 1.807) is 0 Å². The summed E-state index contributed by atoms with van der Waals surface area (Å²) in [5.41, 5.74) is 0.264. The minimum absolute atomic E-state index is 0.135. The first kappa shape index (κ1) is 16.5.